The second-order valence-corrected chi connectivity index (χ2v) is 6.61. The van der Waals surface area contributed by atoms with E-state index in [1.54, 1.807) is 11.0 Å². The molecule has 0 radical (unpaired) electrons. The minimum atomic E-state index is -0.252. The summed E-state index contributed by atoms with van der Waals surface area (Å²) in [7, 11) is 0. The van der Waals surface area contributed by atoms with E-state index in [-0.39, 0.29) is 17.1 Å². The first-order valence-corrected chi connectivity index (χ1v) is 7.61. The number of halogens is 1. The first-order valence-electron chi connectivity index (χ1n) is 7.20. The Kier molecular flexibility index (Phi) is 4.61. The lowest BCUT2D eigenvalue weighted by Crippen LogP contribution is -2.37. The number of hydrogen-bond acceptors (Lipinski definition) is 2. The van der Waals surface area contributed by atoms with Crippen LogP contribution in [0.5, 0.6) is 0 Å². The van der Waals surface area contributed by atoms with Crippen molar-refractivity contribution in [2.45, 2.75) is 39.5 Å². The molecule has 1 aromatic carbocycles. The first kappa shape index (κ1) is 15.9. The SMILES string of the molecule is CC(C)(CCCN1C(=O)CCc2cc(F)ccc21)C(N)=S. The van der Waals surface area contributed by atoms with Crippen molar-refractivity contribution < 1.29 is 9.18 Å². The van der Waals surface area contributed by atoms with Crippen molar-refractivity contribution in [3.8, 4) is 0 Å². The lowest BCUT2D eigenvalue weighted by Gasteiger charge is -2.31. The summed E-state index contributed by atoms with van der Waals surface area (Å²) in [4.78, 5) is 14.4. The third kappa shape index (κ3) is 3.59. The van der Waals surface area contributed by atoms with Gasteiger partial charge in [-0.15, -0.1) is 0 Å². The smallest absolute Gasteiger partial charge is 0.227 e. The predicted octanol–water partition coefficient (Wildman–Crippen LogP) is 3.20. The zero-order valence-electron chi connectivity index (χ0n) is 12.5. The molecule has 0 aliphatic carbocycles. The van der Waals surface area contributed by atoms with Crippen LogP contribution in [0.3, 0.4) is 0 Å². The Morgan fingerprint density at radius 3 is 2.81 bits per heavy atom. The van der Waals surface area contributed by atoms with E-state index in [4.69, 9.17) is 18.0 Å². The zero-order valence-corrected chi connectivity index (χ0v) is 13.3. The van der Waals surface area contributed by atoms with Crippen LogP contribution in [-0.2, 0) is 11.2 Å². The van der Waals surface area contributed by atoms with Gasteiger partial charge in [-0.1, -0.05) is 26.1 Å². The van der Waals surface area contributed by atoms with E-state index in [9.17, 15) is 9.18 Å². The normalized spacial score (nSPS) is 15.0. The van der Waals surface area contributed by atoms with Crippen molar-refractivity contribution in [3.05, 3.63) is 29.6 Å². The molecule has 1 aliphatic rings. The topological polar surface area (TPSA) is 46.3 Å². The monoisotopic (exact) mass is 308 g/mol. The summed E-state index contributed by atoms with van der Waals surface area (Å²) in [6, 6.07) is 4.62. The highest BCUT2D eigenvalue weighted by Crippen LogP contribution is 2.30. The number of nitrogens with two attached hydrogens (primary N) is 1. The van der Waals surface area contributed by atoms with Gasteiger partial charge in [-0.05, 0) is 43.0 Å². The Morgan fingerprint density at radius 2 is 2.14 bits per heavy atom. The number of carbonyl (C=O) groups excluding carboxylic acids is 1. The Morgan fingerprint density at radius 1 is 1.43 bits per heavy atom. The van der Waals surface area contributed by atoms with Gasteiger partial charge < -0.3 is 10.6 Å². The highest BCUT2D eigenvalue weighted by molar-refractivity contribution is 7.80. The van der Waals surface area contributed by atoms with Gasteiger partial charge in [0.25, 0.3) is 0 Å². The maximum absolute atomic E-state index is 13.3. The van der Waals surface area contributed by atoms with Gasteiger partial charge in [0.1, 0.15) is 5.82 Å². The van der Waals surface area contributed by atoms with Gasteiger partial charge in [0, 0.05) is 24.1 Å². The van der Waals surface area contributed by atoms with E-state index in [2.05, 4.69) is 0 Å². The molecule has 21 heavy (non-hydrogen) atoms. The molecule has 0 saturated heterocycles. The molecule has 1 amide bonds. The van der Waals surface area contributed by atoms with E-state index in [1.165, 1.54) is 12.1 Å². The molecule has 0 bridgehead atoms. The number of nitrogens with zero attached hydrogens (tertiary/aromatic N) is 1. The molecule has 1 aromatic rings. The molecule has 0 fully saturated rings. The number of thiocarbonyl (C=S) groups is 1. The Balaban J connectivity index is 2.07. The molecular formula is C16H21FN2OS. The lowest BCUT2D eigenvalue weighted by atomic mass is 9.87. The van der Waals surface area contributed by atoms with Crippen molar-refractivity contribution >= 4 is 28.8 Å². The van der Waals surface area contributed by atoms with Gasteiger partial charge in [-0.3, -0.25) is 4.79 Å². The van der Waals surface area contributed by atoms with Gasteiger partial charge in [-0.2, -0.15) is 0 Å². The second-order valence-electron chi connectivity index (χ2n) is 6.17. The van der Waals surface area contributed by atoms with Gasteiger partial charge in [0.15, 0.2) is 0 Å². The first-order chi connectivity index (χ1) is 9.81. The molecule has 1 heterocycles. The van der Waals surface area contributed by atoms with E-state index in [1.807, 2.05) is 13.8 Å². The summed E-state index contributed by atoms with van der Waals surface area (Å²) >= 11 is 5.06. The molecule has 3 nitrogen and oxygen atoms in total. The molecule has 2 rings (SSSR count). The fourth-order valence-electron chi connectivity index (χ4n) is 2.58. The molecule has 5 heteroatoms. The zero-order chi connectivity index (χ0) is 15.6. The molecule has 2 N–H and O–H groups in total. The number of aryl methyl sites for hydroxylation is 1. The summed E-state index contributed by atoms with van der Waals surface area (Å²) in [6.07, 6.45) is 2.69. The van der Waals surface area contributed by atoms with Crippen LogP contribution < -0.4 is 10.6 Å². The van der Waals surface area contributed by atoms with Crippen molar-refractivity contribution in [1.82, 2.24) is 0 Å². The predicted molar refractivity (Wildman–Crippen MR) is 86.9 cm³/mol. The molecule has 0 atom stereocenters. The fraction of sp³-hybridized carbons (Fsp3) is 0.500. The highest BCUT2D eigenvalue weighted by Gasteiger charge is 2.26. The number of anilines is 1. The van der Waals surface area contributed by atoms with Crippen LogP contribution >= 0.6 is 12.2 Å². The van der Waals surface area contributed by atoms with Gasteiger partial charge in [0.05, 0.1) is 4.99 Å². The van der Waals surface area contributed by atoms with Gasteiger partial charge in [0.2, 0.25) is 5.91 Å². The molecule has 0 unspecified atom stereocenters. The molecule has 0 saturated carbocycles. The quantitative estimate of drug-likeness (QED) is 0.850. The molecule has 114 valence electrons. The van der Waals surface area contributed by atoms with E-state index >= 15 is 0 Å². The Labute approximate surface area is 130 Å². The van der Waals surface area contributed by atoms with Gasteiger partial charge in [-0.25, -0.2) is 4.39 Å². The number of rotatable bonds is 5. The number of fused-ring (bicyclic) bond motifs is 1. The minimum Gasteiger partial charge on any atom is -0.393 e. The van der Waals surface area contributed by atoms with E-state index < -0.39 is 0 Å². The molecular weight excluding hydrogens is 287 g/mol. The maximum atomic E-state index is 13.3. The van der Waals surface area contributed by atoms with Crippen LogP contribution in [0.4, 0.5) is 10.1 Å². The van der Waals surface area contributed by atoms with Crippen molar-refractivity contribution in [3.63, 3.8) is 0 Å². The van der Waals surface area contributed by atoms with Crippen molar-refractivity contribution in [1.29, 1.82) is 0 Å². The fourth-order valence-corrected chi connectivity index (χ4v) is 2.68. The van der Waals surface area contributed by atoms with E-state index in [0.717, 1.165) is 24.1 Å². The maximum Gasteiger partial charge on any atom is 0.227 e. The second kappa shape index (κ2) is 6.10. The molecule has 0 spiro atoms. The van der Waals surface area contributed by atoms with Gasteiger partial charge >= 0.3 is 0 Å². The van der Waals surface area contributed by atoms with Crippen LogP contribution in [0.1, 0.15) is 38.7 Å². The summed E-state index contributed by atoms with van der Waals surface area (Å²) < 4.78 is 13.3. The number of amides is 1. The Bertz CT molecular complexity index is 571. The largest absolute Gasteiger partial charge is 0.393 e. The summed E-state index contributed by atoms with van der Waals surface area (Å²) in [5.41, 5.74) is 7.25. The Hall–Kier alpha value is -1.49. The lowest BCUT2D eigenvalue weighted by molar-refractivity contribution is -0.118. The number of benzene rings is 1. The van der Waals surface area contributed by atoms with Crippen LogP contribution in [0.25, 0.3) is 0 Å². The number of carbonyl (C=O) groups is 1. The van der Waals surface area contributed by atoms with Crippen LogP contribution in [-0.4, -0.2) is 17.4 Å². The minimum absolute atomic E-state index is 0.0993. The standard InChI is InChI=1S/C16H21FN2OS/c1-16(2,15(18)21)8-3-9-19-13-6-5-12(17)10-11(13)4-7-14(19)20/h5-6,10H,3-4,7-9H2,1-2H3,(H2,18,21). The van der Waals surface area contributed by atoms with Crippen molar-refractivity contribution in [2.24, 2.45) is 11.1 Å². The number of hydrogen-bond donors (Lipinski definition) is 1. The van der Waals surface area contributed by atoms with Crippen LogP contribution in [0.15, 0.2) is 18.2 Å². The third-order valence-electron chi connectivity index (χ3n) is 4.09. The van der Waals surface area contributed by atoms with E-state index in [0.29, 0.717) is 24.4 Å². The van der Waals surface area contributed by atoms with Crippen LogP contribution in [0, 0.1) is 11.2 Å². The summed E-state index contributed by atoms with van der Waals surface area (Å²) in [5, 5.41) is 0. The average Bonchev–Trinajstić information content (AvgIpc) is 2.41. The average molecular weight is 308 g/mol. The third-order valence-corrected chi connectivity index (χ3v) is 4.64. The van der Waals surface area contributed by atoms with Crippen molar-refractivity contribution in [2.75, 3.05) is 11.4 Å². The van der Waals surface area contributed by atoms with Crippen LogP contribution in [0.2, 0.25) is 0 Å². The summed E-state index contributed by atoms with van der Waals surface area (Å²) in [6.45, 7) is 4.64. The molecule has 0 aromatic heterocycles. The summed E-state index contributed by atoms with van der Waals surface area (Å²) in [5.74, 6) is -0.153. The highest BCUT2D eigenvalue weighted by atomic mass is 32.1. The molecule has 1 aliphatic heterocycles.